The lowest BCUT2D eigenvalue weighted by atomic mass is 10.1. The number of hydrogen-bond donors (Lipinski definition) is 2. The Hall–Kier alpha value is -1.79. The molecule has 0 bridgehead atoms. The number of carbonyl (C=O) groups excluding carboxylic acids is 2. The number of anilines is 1. The number of carbonyl (C=O) groups is 2. The molecular weight excluding hydrogens is 330 g/mol. The van der Waals surface area contributed by atoms with E-state index in [2.05, 4.69) is 10.6 Å². The van der Waals surface area contributed by atoms with Gasteiger partial charge >= 0.3 is 0 Å². The molecule has 2 N–H and O–H groups in total. The van der Waals surface area contributed by atoms with Crippen molar-refractivity contribution in [3.8, 4) is 5.75 Å². The Kier molecular flexibility index (Phi) is 8.57. The number of halogens is 1. The SMILES string of the molecule is CNCC(C)C(=O)Nc1cccc(OCC(=O)N2CCCC2)c1.Cl. The highest BCUT2D eigenvalue weighted by molar-refractivity contribution is 5.92. The van der Waals surface area contributed by atoms with E-state index in [4.69, 9.17) is 4.74 Å². The Morgan fingerprint density at radius 1 is 1.29 bits per heavy atom. The molecule has 0 radical (unpaired) electrons. The van der Waals surface area contributed by atoms with Gasteiger partial charge in [-0.2, -0.15) is 0 Å². The summed E-state index contributed by atoms with van der Waals surface area (Å²) in [6.07, 6.45) is 2.14. The molecule has 7 heteroatoms. The maximum Gasteiger partial charge on any atom is 0.260 e. The first kappa shape index (κ1) is 20.3. The Bertz CT molecular complexity index is 548. The van der Waals surface area contributed by atoms with Gasteiger partial charge in [0.15, 0.2) is 6.61 Å². The topological polar surface area (TPSA) is 70.7 Å². The normalized spacial score (nSPS) is 14.7. The van der Waals surface area contributed by atoms with E-state index in [1.54, 1.807) is 24.3 Å². The van der Waals surface area contributed by atoms with Crippen LogP contribution >= 0.6 is 12.4 Å². The monoisotopic (exact) mass is 355 g/mol. The largest absolute Gasteiger partial charge is 0.484 e. The number of ether oxygens (including phenoxy) is 1. The summed E-state index contributed by atoms with van der Waals surface area (Å²) in [5.41, 5.74) is 0.670. The number of nitrogens with zero attached hydrogens (tertiary/aromatic N) is 1. The zero-order chi connectivity index (χ0) is 16.7. The zero-order valence-electron chi connectivity index (χ0n) is 14.2. The van der Waals surface area contributed by atoms with E-state index < -0.39 is 0 Å². The fourth-order valence-corrected chi connectivity index (χ4v) is 2.53. The molecule has 2 rings (SSSR count). The second-order valence-corrected chi connectivity index (χ2v) is 5.85. The van der Waals surface area contributed by atoms with Crippen LogP contribution in [0.25, 0.3) is 0 Å². The molecule has 6 nitrogen and oxygen atoms in total. The van der Waals surface area contributed by atoms with Crippen molar-refractivity contribution in [3.05, 3.63) is 24.3 Å². The average molecular weight is 356 g/mol. The van der Waals surface area contributed by atoms with Gasteiger partial charge in [0, 0.05) is 37.3 Å². The Morgan fingerprint density at radius 2 is 2.00 bits per heavy atom. The fraction of sp³-hybridized carbons (Fsp3) is 0.529. The van der Waals surface area contributed by atoms with Gasteiger partial charge in [-0.25, -0.2) is 0 Å². The van der Waals surface area contributed by atoms with Gasteiger partial charge in [-0.3, -0.25) is 9.59 Å². The van der Waals surface area contributed by atoms with Crippen LogP contribution in [0.3, 0.4) is 0 Å². The molecule has 134 valence electrons. The molecule has 0 saturated carbocycles. The van der Waals surface area contributed by atoms with Crippen molar-refractivity contribution in [1.82, 2.24) is 10.2 Å². The summed E-state index contributed by atoms with van der Waals surface area (Å²) in [6, 6.07) is 7.12. The molecule has 0 spiro atoms. The highest BCUT2D eigenvalue weighted by Crippen LogP contribution is 2.18. The third kappa shape index (κ3) is 6.02. The summed E-state index contributed by atoms with van der Waals surface area (Å²) in [4.78, 5) is 25.8. The van der Waals surface area contributed by atoms with Gasteiger partial charge in [-0.1, -0.05) is 13.0 Å². The molecule has 1 heterocycles. The molecule has 1 aromatic rings. The molecule has 1 unspecified atom stereocenters. The van der Waals surface area contributed by atoms with Crippen LogP contribution in [0.5, 0.6) is 5.75 Å². The molecule has 1 fully saturated rings. The fourth-order valence-electron chi connectivity index (χ4n) is 2.53. The molecule has 0 aromatic heterocycles. The van der Waals surface area contributed by atoms with E-state index in [9.17, 15) is 9.59 Å². The van der Waals surface area contributed by atoms with Crippen molar-refractivity contribution in [2.24, 2.45) is 5.92 Å². The van der Waals surface area contributed by atoms with E-state index in [-0.39, 0.29) is 36.7 Å². The number of nitrogens with one attached hydrogen (secondary N) is 2. The second kappa shape index (κ2) is 10.2. The van der Waals surface area contributed by atoms with Crippen LogP contribution in [0.4, 0.5) is 5.69 Å². The van der Waals surface area contributed by atoms with E-state index >= 15 is 0 Å². The van der Waals surface area contributed by atoms with Gasteiger partial charge in [0.2, 0.25) is 5.91 Å². The Balaban J connectivity index is 0.00000288. The molecule has 1 aliphatic rings. The maximum absolute atomic E-state index is 12.0. The number of rotatable bonds is 7. The quantitative estimate of drug-likeness (QED) is 0.783. The Labute approximate surface area is 149 Å². The number of likely N-dealkylation sites (tertiary alicyclic amines) is 1. The average Bonchev–Trinajstić information content (AvgIpc) is 3.07. The molecule has 24 heavy (non-hydrogen) atoms. The smallest absolute Gasteiger partial charge is 0.260 e. The number of benzene rings is 1. The van der Waals surface area contributed by atoms with Crippen LogP contribution in [0.2, 0.25) is 0 Å². The van der Waals surface area contributed by atoms with Crippen LogP contribution < -0.4 is 15.4 Å². The summed E-state index contributed by atoms with van der Waals surface area (Å²) in [5.74, 6) is 0.419. The lowest BCUT2D eigenvalue weighted by molar-refractivity contribution is -0.132. The van der Waals surface area contributed by atoms with Gasteiger partial charge in [-0.15, -0.1) is 12.4 Å². The van der Waals surface area contributed by atoms with E-state index in [0.717, 1.165) is 25.9 Å². The van der Waals surface area contributed by atoms with Crippen molar-refractivity contribution in [2.45, 2.75) is 19.8 Å². The minimum atomic E-state index is -0.124. The van der Waals surface area contributed by atoms with Gasteiger partial charge < -0.3 is 20.3 Å². The predicted octanol–water partition coefficient (Wildman–Crippen LogP) is 1.90. The first-order chi connectivity index (χ1) is 11.1. The van der Waals surface area contributed by atoms with E-state index in [1.165, 1.54) is 0 Å². The van der Waals surface area contributed by atoms with Crippen molar-refractivity contribution in [2.75, 3.05) is 38.6 Å². The first-order valence-corrected chi connectivity index (χ1v) is 8.06. The van der Waals surface area contributed by atoms with Gasteiger partial charge in [-0.05, 0) is 32.0 Å². The summed E-state index contributed by atoms with van der Waals surface area (Å²) < 4.78 is 5.56. The lowest BCUT2D eigenvalue weighted by Crippen LogP contribution is -2.32. The van der Waals surface area contributed by atoms with Crippen molar-refractivity contribution >= 4 is 29.9 Å². The van der Waals surface area contributed by atoms with Crippen molar-refractivity contribution in [3.63, 3.8) is 0 Å². The predicted molar refractivity (Wildman–Crippen MR) is 96.7 cm³/mol. The zero-order valence-corrected chi connectivity index (χ0v) is 15.0. The molecular formula is C17H26ClN3O3. The minimum Gasteiger partial charge on any atom is -0.484 e. The molecule has 1 aromatic carbocycles. The van der Waals surface area contributed by atoms with Crippen LogP contribution in [-0.2, 0) is 9.59 Å². The summed E-state index contributed by atoms with van der Waals surface area (Å²) in [5, 5.41) is 5.83. The lowest BCUT2D eigenvalue weighted by Gasteiger charge is -2.16. The van der Waals surface area contributed by atoms with Crippen LogP contribution in [0.1, 0.15) is 19.8 Å². The summed E-state index contributed by atoms with van der Waals surface area (Å²) in [7, 11) is 1.82. The van der Waals surface area contributed by atoms with Crippen molar-refractivity contribution in [1.29, 1.82) is 0 Å². The Morgan fingerprint density at radius 3 is 2.67 bits per heavy atom. The maximum atomic E-state index is 12.0. The molecule has 1 atom stereocenters. The molecule has 0 aliphatic carbocycles. The highest BCUT2D eigenvalue weighted by atomic mass is 35.5. The van der Waals surface area contributed by atoms with E-state index in [0.29, 0.717) is 18.0 Å². The first-order valence-electron chi connectivity index (χ1n) is 8.06. The summed E-state index contributed by atoms with van der Waals surface area (Å²) >= 11 is 0. The minimum absolute atomic E-state index is 0. The van der Waals surface area contributed by atoms with Crippen LogP contribution in [0, 0.1) is 5.92 Å². The van der Waals surface area contributed by atoms with E-state index in [1.807, 2.05) is 18.9 Å². The van der Waals surface area contributed by atoms with Crippen LogP contribution in [-0.4, -0.2) is 50.0 Å². The second-order valence-electron chi connectivity index (χ2n) is 5.85. The van der Waals surface area contributed by atoms with Crippen LogP contribution in [0.15, 0.2) is 24.3 Å². The van der Waals surface area contributed by atoms with Crippen molar-refractivity contribution < 1.29 is 14.3 Å². The van der Waals surface area contributed by atoms with Gasteiger partial charge in [0.05, 0.1) is 0 Å². The molecule has 1 saturated heterocycles. The van der Waals surface area contributed by atoms with Gasteiger partial charge in [0.1, 0.15) is 5.75 Å². The molecule has 2 amide bonds. The summed E-state index contributed by atoms with van der Waals surface area (Å²) in [6.45, 7) is 4.16. The standard InChI is InChI=1S/C17H25N3O3.ClH/c1-13(11-18-2)17(22)19-14-6-5-7-15(10-14)23-12-16(21)20-8-3-4-9-20;/h5-7,10,13,18H,3-4,8-9,11-12H2,1-2H3,(H,19,22);1H. The third-order valence-corrected chi connectivity index (χ3v) is 3.88. The molecule has 1 aliphatic heterocycles. The van der Waals surface area contributed by atoms with Gasteiger partial charge in [0.25, 0.3) is 5.91 Å². The number of amides is 2. The third-order valence-electron chi connectivity index (χ3n) is 3.88. The number of hydrogen-bond acceptors (Lipinski definition) is 4. The highest BCUT2D eigenvalue weighted by Gasteiger charge is 2.18.